The molecule has 328 valence electrons. The molecule has 5 heterocycles. The van der Waals surface area contributed by atoms with Crippen LogP contribution in [-0.4, -0.2) is 121 Å². The molecule has 5 amide bonds. The third-order valence-electron chi connectivity index (χ3n) is 10.0. The summed E-state index contributed by atoms with van der Waals surface area (Å²) in [7, 11) is 0. The number of hydrazone groups is 2. The Bertz CT molecular complexity index is 2150. The van der Waals surface area contributed by atoms with Crippen LogP contribution in [0.25, 0.3) is 11.3 Å². The Kier molecular flexibility index (Phi) is 16.8. The Balaban J connectivity index is 0.701. The van der Waals surface area contributed by atoms with Gasteiger partial charge in [0.05, 0.1) is 44.2 Å². The number of rotatable bonds is 25. The van der Waals surface area contributed by atoms with Gasteiger partial charge < -0.3 is 35.5 Å². The van der Waals surface area contributed by atoms with Crippen molar-refractivity contribution in [3.05, 3.63) is 82.7 Å². The summed E-state index contributed by atoms with van der Waals surface area (Å²) < 4.78 is 16.8. The Hall–Kier alpha value is -5.25. The quantitative estimate of drug-likeness (QED) is 0.0344. The minimum absolute atomic E-state index is 0.0638. The van der Waals surface area contributed by atoms with Crippen LogP contribution in [0.2, 0.25) is 0 Å². The van der Waals surface area contributed by atoms with Crippen molar-refractivity contribution >= 4 is 79.9 Å². The molecule has 62 heavy (non-hydrogen) atoms. The molecule has 20 heteroatoms. The van der Waals surface area contributed by atoms with E-state index in [0.717, 1.165) is 42.6 Å². The number of carbonyl (C=O) groups excluding carboxylic acids is 4. The predicted octanol–water partition coefficient (Wildman–Crippen LogP) is 4.89. The number of hydrogen-bond donors (Lipinski definition) is 5. The summed E-state index contributed by atoms with van der Waals surface area (Å²) in [5.41, 5.74) is 6.14. The number of fused-ring (bicyclic) bond motifs is 1. The van der Waals surface area contributed by atoms with E-state index in [2.05, 4.69) is 46.9 Å². The standard InChI is InChI=1S/C42H50N10O7S3/c53-34(11-5-4-10-33-36-32(27-61-33)46-40(56)48-36)43-16-6-19-57-21-23-59-24-22-58-20-7-17-44-38(54)30-14-12-28(13-15-30)31-26-62-42(47-31)52-39(55)37(49-50-41-45-18-25-60-41)35(51-52)29-8-2-1-3-9-29/h1-3,8-9,12-15,18,25-26,32-33,36H,4-7,10-11,16-17,19-24,27H2,(H,43,53)(H,44,54)(H,45,50)(H2,46,48,56)/t32?,33-,36?/m1/s1. The molecule has 0 bridgehead atoms. The van der Waals surface area contributed by atoms with Crippen LogP contribution in [0.15, 0.2) is 81.8 Å². The molecule has 2 fully saturated rings. The Morgan fingerprint density at radius 1 is 0.839 bits per heavy atom. The van der Waals surface area contributed by atoms with Gasteiger partial charge in [-0.1, -0.05) is 48.9 Å². The minimum Gasteiger partial charge on any atom is -0.379 e. The lowest BCUT2D eigenvalue weighted by molar-refractivity contribution is -0.121. The molecular formula is C42H50N10O7S3. The molecule has 3 atom stereocenters. The van der Waals surface area contributed by atoms with Crippen molar-refractivity contribution < 1.29 is 33.4 Å². The van der Waals surface area contributed by atoms with Crippen LogP contribution in [0.1, 0.15) is 54.4 Å². The first-order valence-corrected chi connectivity index (χ1v) is 23.5. The molecule has 0 spiro atoms. The normalized spacial score (nSPS) is 18.7. The Labute approximate surface area is 371 Å². The van der Waals surface area contributed by atoms with Crippen molar-refractivity contribution in [1.29, 1.82) is 0 Å². The fourth-order valence-electron chi connectivity index (χ4n) is 6.87. The van der Waals surface area contributed by atoms with Gasteiger partial charge in [0.2, 0.25) is 16.2 Å². The van der Waals surface area contributed by atoms with Gasteiger partial charge in [0.25, 0.3) is 5.91 Å². The van der Waals surface area contributed by atoms with Gasteiger partial charge in [0.15, 0.2) is 5.71 Å². The number of anilines is 2. The second kappa shape index (κ2) is 23.3. The van der Waals surface area contributed by atoms with E-state index in [4.69, 9.17) is 14.2 Å². The van der Waals surface area contributed by atoms with Crippen molar-refractivity contribution in [3.8, 4) is 11.3 Å². The minimum atomic E-state index is -0.412. The van der Waals surface area contributed by atoms with Gasteiger partial charge in [-0.2, -0.15) is 27.0 Å². The first kappa shape index (κ1) is 44.8. The van der Waals surface area contributed by atoms with Gasteiger partial charge in [-0.15, -0.1) is 22.7 Å². The number of urea groups is 1. The smallest absolute Gasteiger partial charge is 0.315 e. The summed E-state index contributed by atoms with van der Waals surface area (Å²) in [6.45, 7) is 3.90. The molecule has 2 unspecified atom stereocenters. The number of aromatic nitrogens is 2. The highest BCUT2D eigenvalue weighted by atomic mass is 32.2. The fourth-order valence-corrected chi connectivity index (χ4v) is 9.66. The maximum absolute atomic E-state index is 13.5. The molecule has 4 aromatic rings. The van der Waals surface area contributed by atoms with E-state index in [1.54, 1.807) is 18.3 Å². The zero-order chi connectivity index (χ0) is 42.9. The number of thiazole rings is 2. The fraction of sp³-hybridized carbons (Fsp3) is 0.429. The number of nitrogens with one attached hydrogen (secondary N) is 5. The van der Waals surface area contributed by atoms with Crippen LogP contribution in [0.4, 0.5) is 15.1 Å². The number of thioether (sulfide) groups is 1. The van der Waals surface area contributed by atoms with Gasteiger partial charge in [-0.3, -0.25) is 19.8 Å². The maximum Gasteiger partial charge on any atom is 0.315 e. The van der Waals surface area contributed by atoms with Crippen molar-refractivity contribution in [2.75, 3.05) is 68.9 Å². The highest BCUT2D eigenvalue weighted by molar-refractivity contribution is 8.00. The number of amides is 5. The lowest BCUT2D eigenvalue weighted by Crippen LogP contribution is -2.36. The lowest BCUT2D eigenvalue weighted by Gasteiger charge is -2.16. The second-order valence-corrected chi connectivity index (χ2v) is 17.5. The van der Waals surface area contributed by atoms with Gasteiger partial charge >= 0.3 is 11.9 Å². The number of hydrogen-bond acceptors (Lipinski definition) is 15. The van der Waals surface area contributed by atoms with Crippen molar-refractivity contribution in [1.82, 2.24) is 31.2 Å². The van der Waals surface area contributed by atoms with E-state index in [9.17, 15) is 19.2 Å². The molecule has 0 aliphatic carbocycles. The van der Waals surface area contributed by atoms with Gasteiger partial charge in [0, 0.05) is 77.4 Å². The summed E-state index contributed by atoms with van der Waals surface area (Å²) in [4.78, 5) is 58.8. The first-order valence-electron chi connectivity index (χ1n) is 20.7. The molecule has 5 N–H and O–H groups in total. The van der Waals surface area contributed by atoms with Crippen LogP contribution in [0.5, 0.6) is 0 Å². The summed E-state index contributed by atoms with van der Waals surface area (Å²) in [6, 6.07) is 16.9. The van der Waals surface area contributed by atoms with E-state index in [1.807, 2.05) is 65.0 Å². The topological polar surface area (TPSA) is 210 Å². The monoisotopic (exact) mass is 902 g/mol. The van der Waals surface area contributed by atoms with E-state index < -0.39 is 5.91 Å². The lowest BCUT2D eigenvalue weighted by atomic mass is 10.0. The van der Waals surface area contributed by atoms with E-state index in [1.165, 1.54) is 27.7 Å². The Morgan fingerprint density at radius 3 is 2.32 bits per heavy atom. The molecule has 17 nitrogen and oxygen atoms in total. The van der Waals surface area contributed by atoms with Gasteiger partial charge in [-0.25, -0.2) is 14.8 Å². The molecule has 7 rings (SSSR count). The highest BCUT2D eigenvalue weighted by Gasteiger charge is 2.42. The van der Waals surface area contributed by atoms with Crippen LogP contribution in [-0.2, 0) is 23.8 Å². The molecule has 3 aliphatic rings. The number of unbranched alkanes of at least 4 members (excludes halogenated alkanes) is 1. The highest BCUT2D eigenvalue weighted by Crippen LogP contribution is 2.33. The second-order valence-electron chi connectivity index (χ2n) is 14.5. The third kappa shape index (κ3) is 12.7. The first-order chi connectivity index (χ1) is 30.4. The van der Waals surface area contributed by atoms with Crippen LogP contribution in [0, 0.1) is 0 Å². The summed E-state index contributed by atoms with van der Waals surface area (Å²) in [5, 5.41) is 27.1. The van der Waals surface area contributed by atoms with Gasteiger partial charge in [0.1, 0.15) is 5.71 Å². The summed E-state index contributed by atoms with van der Waals surface area (Å²) in [5.74, 6) is 0.417. The molecule has 2 aromatic carbocycles. The zero-order valence-electron chi connectivity index (χ0n) is 34.1. The average Bonchev–Trinajstić information content (AvgIpc) is 4.15. The van der Waals surface area contributed by atoms with E-state index in [0.29, 0.717) is 98.1 Å². The number of benzene rings is 2. The van der Waals surface area contributed by atoms with Crippen molar-refractivity contribution in [2.45, 2.75) is 55.9 Å². The predicted molar refractivity (Wildman–Crippen MR) is 242 cm³/mol. The van der Waals surface area contributed by atoms with E-state index >= 15 is 0 Å². The molecular weight excluding hydrogens is 853 g/mol. The van der Waals surface area contributed by atoms with Crippen LogP contribution >= 0.6 is 34.4 Å². The average molecular weight is 903 g/mol. The van der Waals surface area contributed by atoms with Gasteiger partial charge in [-0.05, 0) is 37.8 Å². The number of ether oxygens (including phenoxy) is 3. The SMILES string of the molecule is O=C(CCCC[C@H]1SCC2NC(=O)NC21)NCCCOCCOCCOCCCNC(=O)c1ccc(-c2csc(N3N=C(c4ccccc4)C(=NNc4nccs4)C3=O)n2)cc1. The summed E-state index contributed by atoms with van der Waals surface area (Å²) >= 11 is 4.55. The molecule has 2 aromatic heterocycles. The molecule has 0 saturated carbocycles. The molecule has 2 saturated heterocycles. The molecule has 0 radical (unpaired) electrons. The number of carbonyl (C=O) groups is 4. The number of nitrogens with zero attached hydrogens (tertiary/aromatic N) is 5. The summed E-state index contributed by atoms with van der Waals surface area (Å²) in [6.07, 6.45) is 6.38. The molecule has 3 aliphatic heterocycles. The van der Waals surface area contributed by atoms with Crippen LogP contribution < -0.4 is 31.7 Å². The van der Waals surface area contributed by atoms with Crippen molar-refractivity contribution in [2.24, 2.45) is 10.2 Å². The third-order valence-corrected chi connectivity index (χ3v) is 13.0. The zero-order valence-corrected chi connectivity index (χ0v) is 36.5. The maximum atomic E-state index is 13.5. The van der Waals surface area contributed by atoms with Crippen molar-refractivity contribution in [3.63, 3.8) is 0 Å². The van der Waals surface area contributed by atoms with Crippen LogP contribution in [0.3, 0.4) is 0 Å². The van der Waals surface area contributed by atoms with E-state index in [-0.39, 0.29) is 35.6 Å². The largest absolute Gasteiger partial charge is 0.379 e. The Morgan fingerprint density at radius 2 is 1.58 bits per heavy atom.